The lowest BCUT2D eigenvalue weighted by molar-refractivity contribution is 0.0906. The number of rotatable bonds is 4. The van der Waals surface area contributed by atoms with E-state index in [4.69, 9.17) is 4.74 Å². The van der Waals surface area contributed by atoms with E-state index in [0.717, 1.165) is 31.0 Å². The van der Waals surface area contributed by atoms with Gasteiger partial charge >= 0.3 is 6.03 Å². The van der Waals surface area contributed by atoms with E-state index in [1.54, 1.807) is 6.20 Å². The maximum atomic E-state index is 12.4. The van der Waals surface area contributed by atoms with Crippen molar-refractivity contribution in [2.45, 2.75) is 63.6 Å². The highest BCUT2D eigenvalue weighted by Crippen LogP contribution is 2.28. The average Bonchev–Trinajstić information content (AvgIpc) is 3.15. The summed E-state index contributed by atoms with van der Waals surface area (Å²) in [4.78, 5) is 16.7. The van der Waals surface area contributed by atoms with Crippen LogP contribution in [0, 0.1) is 5.92 Å². The van der Waals surface area contributed by atoms with Gasteiger partial charge in [0.15, 0.2) is 0 Å². The molecule has 1 aliphatic heterocycles. The molecule has 0 unspecified atom stereocenters. The first kappa shape index (κ1) is 16.3. The normalized spacial score (nSPS) is 31.0. The summed E-state index contributed by atoms with van der Waals surface area (Å²) in [6, 6.07) is 0.228. The Morgan fingerprint density at radius 3 is 3.00 bits per heavy atom. The number of nitrogens with zero attached hydrogens (tertiary/aromatic N) is 2. The fraction of sp³-hybridized carbons (Fsp3) is 0.765. The van der Waals surface area contributed by atoms with Crippen LogP contribution in [0.5, 0.6) is 0 Å². The van der Waals surface area contributed by atoms with Crippen LogP contribution in [0.15, 0.2) is 12.4 Å². The summed E-state index contributed by atoms with van der Waals surface area (Å²) in [5, 5.41) is 6.25. The van der Waals surface area contributed by atoms with Gasteiger partial charge in [-0.05, 0) is 25.2 Å². The smallest absolute Gasteiger partial charge is 0.315 e. The second kappa shape index (κ2) is 7.34. The van der Waals surface area contributed by atoms with Crippen LogP contribution in [0.25, 0.3) is 0 Å². The lowest BCUT2D eigenvalue weighted by atomic mass is 9.84. The van der Waals surface area contributed by atoms with Gasteiger partial charge in [0.25, 0.3) is 0 Å². The molecule has 6 heteroatoms. The summed E-state index contributed by atoms with van der Waals surface area (Å²) in [5.74, 6) is 1.63. The van der Waals surface area contributed by atoms with Crippen LogP contribution in [0.3, 0.4) is 0 Å². The number of carbonyl (C=O) groups excluding carboxylic acids is 1. The molecule has 0 radical (unpaired) electrons. The summed E-state index contributed by atoms with van der Waals surface area (Å²) >= 11 is 0. The summed E-state index contributed by atoms with van der Waals surface area (Å²) in [5.41, 5.74) is 0. The minimum absolute atomic E-state index is 0.0123. The van der Waals surface area contributed by atoms with E-state index in [-0.39, 0.29) is 18.2 Å². The van der Waals surface area contributed by atoms with E-state index < -0.39 is 0 Å². The minimum Gasteiger partial charge on any atom is -0.368 e. The Morgan fingerprint density at radius 2 is 2.26 bits per heavy atom. The molecule has 6 nitrogen and oxygen atoms in total. The Balaban J connectivity index is 1.54. The molecule has 0 spiro atoms. The molecule has 23 heavy (non-hydrogen) atoms. The molecule has 128 valence electrons. The predicted octanol–water partition coefficient (Wildman–Crippen LogP) is 2.52. The van der Waals surface area contributed by atoms with Crippen molar-refractivity contribution in [1.82, 2.24) is 20.2 Å². The van der Waals surface area contributed by atoms with E-state index in [2.05, 4.69) is 22.5 Å². The lowest BCUT2D eigenvalue weighted by Crippen LogP contribution is -2.48. The molecular formula is C17H28N4O2. The van der Waals surface area contributed by atoms with Crippen molar-refractivity contribution < 1.29 is 9.53 Å². The molecule has 4 atom stereocenters. The number of hydrogen-bond acceptors (Lipinski definition) is 3. The van der Waals surface area contributed by atoms with Crippen molar-refractivity contribution in [2.24, 2.45) is 13.0 Å². The molecule has 0 bridgehead atoms. The summed E-state index contributed by atoms with van der Waals surface area (Å²) < 4.78 is 7.74. The second-order valence-electron chi connectivity index (χ2n) is 6.84. The third-order valence-corrected chi connectivity index (χ3v) is 5.22. The number of amides is 2. The van der Waals surface area contributed by atoms with Crippen molar-refractivity contribution in [3.63, 3.8) is 0 Å². The number of carbonyl (C=O) groups is 1. The first-order valence-corrected chi connectivity index (χ1v) is 8.83. The minimum atomic E-state index is -0.157. The number of urea groups is 1. The summed E-state index contributed by atoms with van der Waals surface area (Å²) in [6.07, 6.45) is 10.3. The monoisotopic (exact) mass is 320 g/mol. The molecule has 1 aliphatic carbocycles. The third-order valence-electron chi connectivity index (χ3n) is 5.22. The van der Waals surface area contributed by atoms with Gasteiger partial charge in [0.2, 0.25) is 0 Å². The maximum absolute atomic E-state index is 12.4. The zero-order valence-corrected chi connectivity index (χ0v) is 14.1. The lowest BCUT2D eigenvalue weighted by Gasteiger charge is -2.30. The second-order valence-corrected chi connectivity index (χ2v) is 6.84. The number of hydrogen-bond donors (Lipinski definition) is 2. The predicted molar refractivity (Wildman–Crippen MR) is 88.0 cm³/mol. The number of aryl methyl sites for hydroxylation is 1. The van der Waals surface area contributed by atoms with Crippen LogP contribution in [-0.2, 0) is 11.8 Å². The molecule has 2 amide bonds. The van der Waals surface area contributed by atoms with Crippen molar-refractivity contribution in [3.05, 3.63) is 18.2 Å². The van der Waals surface area contributed by atoms with Crippen LogP contribution >= 0.6 is 0 Å². The molecular weight excluding hydrogens is 292 g/mol. The van der Waals surface area contributed by atoms with Gasteiger partial charge in [-0.25, -0.2) is 9.78 Å². The standard InChI is InChI=1S/C17H28N4O2/c1-3-12-5-4-6-13(11-12)19-17(22)20-14-7-10-23-15(14)16-18-8-9-21(16)2/h8-9,12-15H,3-7,10-11H2,1-2H3,(H2,19,20,22)/t12-,13-,14-,15-/m0/s1. The van der Waals surface area contributed by atoms with E-state index >= 15 is 0 Å². The Hall–Kier alpha value is -1.56. The molecule has 0 aromatic carbocycles. The zero-order valence-electron chi connectivity index (χ0n) is 14.1. The van der Waals surface area contributed by atoms with Gasteiger partial charge in [-0.15, -0.1) is 0 Å². The average molecular weight is 320 g/mol. The highest BCUT2D eigenvalue weighted by molar-refractivity contribution is 5.74. The van der Waals surface area contributed by atoms with E-state index in [0.29, 0.717) is 12.6 Å². The van der Waals surface area contributed by atoms with Gasteiger partial charge in [0.1, 0.15) is 11.9 Å². The Bertz CT molecular complexity index is 530. The molecule has 1 saturated carbocycles. The van der Waals surface area contributed by atoms with Crippen LogP contribution in [-0.4, -0.2) is 34.3 Å². The van der Waals surface area contributed by atoms with Crippen LogP contribution in [0.2, 0.25) is 0 Å². The molecule has 1 aromatic rings. The molecule has 2 aliphatic rings. The topological polar surface area (TPSA) is 68.2 Å². The molecule has 3 rings (SSSR count). The largest absolute Gasteiger partial charge is 0.368 e. The number of nitrogens with one attached hydrogen (secondary N) is 2. The molecule has 2 fully saturated rings. The van der Waals surface area contributed by atoms with Crippen LogP contribution in [0.4, 0.5) is 4.79 Å². The SMILES string of the molecule is CC[C@H]1CCC[C@H](NC(=O)N[C@H]2CCO[C@@H]2c2nccn2C)C1. The van der Waals surface area contributed by atoms with E-state index in [1.807, 2.05) is 17.8 Å². The van der Waals surface area contributed by atoms with Gasteiger partial charge in [-0.3, -0.25) is 0 Å². The van der Waals surface area contributed by atoms with Gasteiger partial charge < -0.3 is 19.9 Å². The fourth-order valence-corrected chi connectivity index (χ4v) is 3.83. The van der Waals surface area contributed by atoms with E-state index in [9.17, 15) is 4.79 Å². The van der Waals surface area contributed by atoms with Gasteiger partial charge in [0, 0.05) is 32.1 Å². The van der Waals surface area contributed by atoms with E-state index in [1.165, 1.54) is 19.3 Å². The summed E-state index contributed by atoms with van der Waals surface area (Å²) in [7, 11) is 1.95. The maximum Gasteiger partial charge on any atom is 0.315 e. The molecule has 2 heterocycles. The van der Waals surface area contributed by atoms with Gasteiger partial charge in [-0.2, -0.15) is 0 Å². The van der Waals surface area contributed by atoms with Crippen molar-refractivity contribution in [3.8, 4) is 0 Å². The first-order chi connectivity index (χ1) is 11.2. The van der Waals surface area contributed by atoms with Crippen molar-refractivity contribution >= 4 is 6.03 Å². The van der Waals surface area contributed by atoms with Gasteiger partial charge in [0.05, 0.1) is 6.04 Å². The highest BCUT2D eigenvalue weighted by Gasteiger charge is 2.34. The Morgan fingerprint density at radius 1 is 1.39 bits per heavy atom. The molecule has 2 N–H and O–H groups in total. The Labute approximate surface area is 138 Å². The van der Waals surface area contributed by atoms with Crippen LogP contribution in [0.1, 0.15) is 57.4 Å². The van der Waals surface area contributed by atoms with Crippen molar-refractivity contribution in [1.29, 1.82) is 0 Å². The van der Waals surface area contributed by atoms with Crippen molar-refractivity contribution in [2.75, 3.05) is 6.61 Å². The highest BCUT2D eigenvalue weighted by atomic mass is 16.5. The fourth-order valence-electron chi connectivity index (χ4n) is 3.83. The number of ether oxygens (including phenoxy) is 1. The third kappa shape index (κ3) is 3.86. The number of aromatic nitrogens is 2. The number of imidazole rings is 1. The van der Waals surface area contributed by atoms with Gasteiger partial charge in [-0.1, -0.05) is 26.2 Å². The summed E-state index contributed by atoms with van der Waals surface area (Å²) in [6.45, 7) is 2.89. The quantitative estimate of drug-likeness (QED) is 0.896. The Kier molecular flexibility index (Phi) is 5.20. The molecule has 1 aromatic heterocycles. The molecule has 1 saturated heterocycles. The first-order valence-electron chi connectivity index (χ1n) is 8.83. The van der Waals surface area contributed by atoms with Crippen LogP contribution < -0.4 is 10.6 Å². The zero-order chi connectivity index (χ0) is 16.2.